The number of rotatable bonds is 8. The number of hydrogen-bond donors (Lipinski definition) is 1. The zero-order valence-electron chi connectivity index (χ0n) is 15.8. The van der Waals surface area contributed by atoms with Crippen LogP contribution in [0.15, 0.2) is 59.5 Å². The summed E-state index contributed by atoms with van der Waals surface area (Å²) in [6.45, 7) is 1.63. The number of carbonyl (C=O) groups is 1. The number of amides is 1. The second kappa shape index (κ2) is 9.71. The summed E-state index contributed by atoms with van der Waals surface area (Å²) >= 11 is 0. The van der Waals surface area contributed by atoms with Gasteiger partial charge in [-0.05, 0) is 49.1 Å². The predicted molar refractivity (Wildman–Crippen MR) is 108 cm³/mol. The van der Waals surface area contributed by atoms with Gasteiger partial charge >= 0.3 is 0 Å². The maximum atomic E-state index is 12.6. The van der Waals surface area contributed by atoms with Gasteiger partial charge in [-0.25, -0.2) is 8.42 Å². The quantitative estimate of drug-likeness (QED) is 0.736. The summed E-state index contributed by atoms with van der Waals surface area (Å²) < 4.78 is 32.3. The topological polar surface area (TPSA) is 75.7 Å². The van der Waals surface area contributed by atoms with Gasteiger partial charge in [0.05, 0.1) is 4.90 Å². The standard InChI is InChI=1S/C21H26N2O4S/c24-21(17-27-19-7-3-1-4-8-19)22-14-13-18-9-11-20(12-10-18)28(25,26)23-15-5-2-6-16-23/h1,3-4,7-12H,2,5-6,13-17H2,(H,22,24). The lowest BCUT2D eigenvalue weighted by Crippen LogP contribution is -2.35. The molecule has 0 bridgehead atoms. The molecule has 0 saturated carbocycles. The third-order valence-corrected chi connectivity index (χ3v) is 6.64. The Morgan fingerprint density at radius 1 is 0.964 bits per heavy atom. The molecular formula is C21H26N2O4S. The summed E-state index contributed by atoms with van der Waals surface area (Å²) in [7, 11) is -3.40. The van der Waals surface area contributed by atoms with Crippen LogP contribution in [0.1, 0.15) is 24.8 Å². The van der Waals surface area contributed by atoms with E-state index < -0.39 is 10.0 Å². The van der Waals surface area contributed by atoms with E-state index in [0.29, 0.717) is 36.7 Å². The summed E-state index contributed by atoms with van der Waals surface area (Å²) in [5.74, 6) is 0.469. The van der Waals surface area contributed by atoms with Crippen LogP contribution in [0.5, 0.6) is 5.75 Å². The summed E-state index contributed by atoms with van der Waals surface area (Å²) in [5.41, 5.74) is 0.974. The molecular weight excluding hydrogens is 376 g/mol. The van der Waals surface area contributed by atoms with E-state index in [4.69, 9.17) is 4.74 Å². The molecule has 150 valence electrons. The fourth-order valence-corrected chi connectivity index (χ4v) is 4.66. The Hall–Kier alpha value is -2.38. The molecule has 3 rings (SSSR count). The Bertz CT molecular complexity index is 861. The second-order valence-corrected chi connectivity index (χ2v) is 8.75. The lowest BCUT2D eigenvalue weighted by Gasteiger charge is -2.25. The van der Waals surface area contributed by atoms with Crippen LogP contribution >= 0.6 is 0 Å². The summed E-state index contributed by atoms with van der Waals surface area (Å²) in [5, 5.41) is 2.81. The Morgan fingerprint density at radius 3 is 2.32 bits per heavy atom. The van der Waals surface area contributed by atoms with E-state index in [-0.39, 0.29) is 12.5 Å². The van der Waals surface area contributed by atoms with Gasteiger partial charge in [-0.15, -0.1) is 0 Å². The highest BCUT2D eigenvalue weighted by atomic mass is 32.2. The second-order valence-electron chi connectivity index (χ2n) is 6.81. The number of para-hydroxylation sites is 1. The third-order valence-electron chi connectivity index (χ3n) is 4.73. The van der Waals surface area contributed by atoms with Gasteiger partial charge in [0.1, 0.15) is 5.75 Å². The molecule has 2 aromatic carbocycles. The van der Waals surface area contributed by atoms with Crippen molar-refractivity contribution in [2.45, 2.75) is 30.6 Å². The first kappa shape index (κ1) is 20.4. The molecule has 0 atom stereocenters. The van der Waals surface area contributed by atoms with E-state index in [9.17, 15) is 13.2 Å². The minimum Gasteiger partial charge on any atom is -0.484 e. The van der Waals surface area contributed by atoms with Gasteiger partial charge in [0.25, 0.3) is 5.91 Å². The fourth-order valence-electron chi connectivity index (χ4n) is 3.15. The maximum absolute atomic E-state index is 12.6. The van der Waals surface area contributed by atoms with Crippen molar-refractivity contribution >= 4 is 15.9 Å². The van der Waals surface area contributed by atoms with Crippen LogP contribution in [-0.4, -0.2) is 44.9 Å². The van der Waals surface area contributed by atoms with Crippen LogP contribution in [0.25, 0.3) is 0 Å². The highest BCUT2D eigenvalue weighted by Crippen LogP contribution is 2.20. The zero-order valence-corrected chi connectivity index (χ0v) is 16.7. The largest absolute Gasteiger partial charge is 0.484 e. The molecule has 0 radical (unpaired) electrons. The first-order valence-electron chi connectivity index (χ1n) is 9.59. The van der Waals surface area contributed by atoms with Crippen LogP contribution in [0.4, 0.5) is 0 Å². The average Bonchev–Trinajstić information content (AvgIpc) is 2.74. The lowest BCUT2D eigenvalue weighted by atomic mass is 10.1. The number of carbonyl (C=O) groups excluding carboxylic acids is 1. The van der Waals surface area contributed by atoms with Gasteiger partial charge < -0.3 is 10.1 Å². The molecule has 0 aromatic heterocycles. The van der Waals surface area contributed by atoms with E-state index in [1.807, 2.05) is 30.3 Å². The normalized spacial score (nSPS) is 15.1. The smallest absolute Gasteiger partial charge is 0.257 e. The molecule has 2 aromatic rings. The minimum absolute atomic E-state index is 0.0307. The molecule has 6 nitrogen and oxygen atoms in total. The van der Waals surface area contributed by atoms with Crippen LogP contribution in [0, 0.1) is 0 Å². The number of nitrogens with zero attached hydrogens (tertiary/aromatic N) is 1. The first-order valence-corrected chi connectivity index (χ1v) is 11.0. The number of nitrogens with one attached hydrogen (secondary N) is 1. The zero-order chi connectivity index (χ0) is 19.8. The number of ether oxygens (including phenoxy) is 1. The van der Waals surface area contributed by atoms with Gasteiger partial charge in [-0.1, -0.05) is 36.8 Å². The highest BCUT2D eigenvalue weighted by molar-refractivity contribution is 7.89. The van der Waals surface area contributed by atoms with Crippen molar-refractivity contribution in [2.75, 3.05) is 26.2 Å². The number of hydrogen-bond acceptors (Lipinski definition) is 4. The average molecular weight is 403 g/mol. The third kappa shape index (κ3) is 5.56. The van der Waals surface area contributed by atoms with Crippen LogP contribution in [-0.2, 0) is 21.2 Å². The summed E-state index contributed by atoms with van der Waals surface area (Å²) in [4.78, 5) is 12.2. The molecule has 1 amide bonds. The molecule has 1 heterocycles. The SMILES string of the molecule is O=C(COc1ccccc1)NCCc1ccc(S(=O)(=O)N2CCCCC2)cc1. The summed E-state index contributed by atoms with van der Waals surface area (Å²) in [6.07, 6.45) is 3.56. The van der Waals surface area contributed by atoms with Crippen molar-refractivity contribution in [1.82, 2.24) is 9.62 Å². The van der Waals surface area contributed by atoms with Crippen molar-refractivity contribution in [3.63, 3.8) is 0 Å². The Balaban J connectivity index is 1.44. The van der Waals surface area contributed by atoms with Crippen molar-refractivity contribution in [3.8, 4) is 5.75 Å². The summed E-state index contributed by atoms with van der Waals surface area (Å²) in [6, 6.07) is 16.1. The minimum atomic E-state index is -3.40. The van der Waals surface area contributed by atoms with Crippen LogP contribution in [0.2, 0.25) is 0 Å². The van der Waals surface area contributed by atoms with Gasteiger partial charge in [0.2, 0.25) is 10.0 Å². The lowest BCUT2D eigenvalue weighted by molar-refractivity contribution is -0.123. The van der Waals surface area contributed by atoms with E-state index in [0.717, 1.165) is 24.8 Å². The Labute approximate surface area is 166 Å². The van der Waals surface area contributed by atoms with E-state index in [1.54, 1.807) is 28.6 Å². The van der Waals surface area contributed by atoms with Crippen molar-refractivity contribution in [2.24, 2.45) is 0 Å². The van der Waals surface area contributed by atoms with Crippen LogP contribution in [0.3, 0.4) is 0 Å². The van der Waals surface area contributed by atoms with E-state index >= 15 is 0 Å². The fraction of sp³-hybridized carbons (Fsp3) is 0.381. The molecule has 7 heteroatoms. The highest BCUT2D eigenvalue weighted by Gasteiger charge is 2.25. The van der Waals surface area contributed by atoms with Crippen LogP contribution < -0.4 is 10.1 Å². The van der Waals surface area contributed by atoms with Gasteiger partial charge in [-0.3, -0.25) is 4.79 Å². The maximum Gasteiger partial charge on any atom is 0.257 e. The van der Waals surface area contributed by atoms with Crippen molar-refractivity contribution in [1.29, 1.82) is 0 Å². The number of piperidine rings is 1. The Morgan fingerprint density at radius 2 is 1.64 bits per heavy atom. The molecule has 0 unspecified atom stereocenters. The molecule has 1 N–H and O–H groups in total. The molecule has 28 heavy (non-hydrogen) atoms. The van der Waals surface area contributed by atoms with E-state index in [1.165, 1.54) is 0 Å². The molecule has 1 aliphatic rings. The number of benzene rings is 2. The Kier molecular flexibility index (Phi) is 7.06. The van der Waals surface area contributed by atoms with E-state index in [2.05, 4.69) is 5.32 Å². The van der Waals surface area contributed by atoms with Gasteiger partial charge in [0, 0.05) is 19.6 Å². The molecule has 1 saturated heterocycles. The molecule has 1 aliphatic heterocycles. The van der Waals surface area contributed by atoms with Gasteiger partial charge in [-0.2, -0.15) is 4.31 Å². The molecule has 0 spiro atoms. The van der Waals surface area contributed by atoms with Crippen molar-refractivity contribution < 1.29 is 17.9 Å². The van der Waals surface area contributed by atoms with Crippen molar-refractivity contribution in [3.05, 3.63) is 60.2 Å². The predicted octanol–water partition coefficient (Wildman–Crippen LogP) is 2.60. The van der Waals surface area contributed by atoms with Gasteiger partial charge in [0.15, 0.2) is 6.61 Å². The first-order chi connectivity index (χ1) is 13.6. The number of sulfonamides is 1. The molecule has 0 aliphatic carbocycles. The monoisotopic (exact) mass is 402 g/mol. The molecule has 1 fully saturated rings.